The second-order valence-electron chi connectivity index (χ2n) is 6.48. The molecule has 0 spiro atoms. The standard InChI is InChI=1S/C20H14F6N2O3/c1-11(17(29)15-7-2-12(21)10-16(15)22)27-8-9-28(19(27)30)13-3-5-14(6-4-13)31-20(25,26)18(23)24/h2-11,18H,1H3/t11-/m1/s1. The molecule has 0 unspecified atom stereocenters. The Hall–Kier alpha value is -3.50. The predicted octanol–water partition coefficient (Wildman–Crippen LogP) is 4.60. The molecule has 5 nitrogen and oxygen atoms in total. The Morgan fingerprint density at radius 1 is 1.03 bits per heavy atom. The largest absolute Gasteiger partial charge is 0.461 e. The van der Waals surface area contributed by atoms with Gasteiger partial charge in [0.05, 0.1) is 17.3 Å². The monoisotopic (exact) mass is 444 g/mol. The third-order valence-electron chi connectivity index (χ3n) is 4.42. The maximum absolute atomic E-state index is 13.9. The summed E-state index contributed by atoms with van der Waals surface area (Å²) in [5.41, 5.74) is -0.936. The fourth-order valence-electron chi connectivity index (χ4n) is 2.80. The molecule has 0 radical (unpaired) electrons. The minimum absolute atomic E-state index is 0.170. The lowest BCUT2D eigenvalue weighted by atomic mass is 10.0. The molecule has 0 saturated carbocycles. The molecule has 1 atom stereocenters. The molecular weight excluding hydrogens is 430 g/mol. The molecular formula is C20H14F6N2O3. The lowest BCUT2D eigenvalue weighted by Crippen LogP contribution is -2.33. The normalized spacial score (nSPS) is 12.8. The number of benzene rings is 2. The van der Waals surface area contributed by atoms with Gasteiger partial charge in [-0.1, -0.05) is 0 Å². The number of hydrogen-bond donors (Lipinski definition) is 0. The summed E-state index contributed by atoms with van der Waals surface area (Å²) in [6, 6.07) is 5.59. The fraction of sp³-hybridized carbons (Fsp3) is 0.200. The van der Waals surface area contributed by atoms with Crippen LogP contribution in [-0.2, 0) is 0 Å². The minimum atomic E-state index is -4.67. The number of ketones is 1. The van der Waals surface area contributed by atoms with Crippen molar-refractivity contribution >= 4 is 5.78 Å². The first-order valence-corrected chi connectivity index (χ1v) is 8.75. The second-order valence-corrected chi connectivity index (χ2v) is 6.48. The Bertz CT molecular complexity index is 1150. The van der Waals surface area contributed by atoms with E-state index in [1.807, 2.05) is 0 Å². The summed E-state index contributed by atoms with van der Waals surface area (Å²) < 4.78 is 83.3. The molecule has 0 N–H and O–H groups in total. The summed E-state index contributed by atoms with van der Waals surface area (Å²) in [7, 11) is 0. The number of carbonyl (C=O) groups is 1. The molecule has 11 heteroatoms. The van der Waals surface area contributed by atoms with E-state index < -0.39 is 53.0 Å². The van der Waals surface area contributed by atoms with Crippen molar-refractivity contribution in [1.82, 2.24) is 9.13 Å². The molecule has 0 bridgehead atoms. The second kappa shape index (κ2) is 8.32. The van der Waals surface area contributed by atoms with E-state index in [-0.39, 0.29) is 5.69 Å². The van der Waals surface area contributed by atoms with Crippen LogP contribution in [0.15, 0.2) is 59.7 Å². The third-order valence-corrected chi connectivity index (χ3v) is 4.42. The van der Waals surface area contributed by atoms with E-state index in [0.717, 1.165) is 33.4 Å². The predicted molar refractivity (Wildman–Crippen MR) is 97.0 cm³/mol. The van der Waals surface area contributed by atoms with Crippen LogP contribution in [-0.4, -0.2) is 27.5 Å². The highest BCUT2D eigenvalue weighted by atomic mass is 19.3. The van der Waals surface area contributed by atoms with Gasteiger partial charge in [0.2, 0.25) is 0 Å². The molecule has 0 fully saturated rings. The summed E-state index contributed by atoms with van der Waals surface area (Å²) in [4.78, 5) is 25.2. The van der Waals surface area contributed by atoms with Crippen LogP contribution in [0.4, 0.5) is 26.3 Å². The molecule has 1 heterocycles. The number of Topliss-reactive ketones (excluding diaryl/α,β-unsaturated/α-hetero) is 1. The quantitative estimate of drug-likeness (QED) is 0.396. The number of rotatable bonds is 7. The van der Waals surface area contributed by atoms with Crippen molar-refractivity contribution < 1.29 is 35.9 Å². The summed E-state index contributed by atoms with van der Waals surface area (Å²) in [5.74, 6) is -3.24. The van der Waals surface area contributed by atoms with Crippen LogP contribution >= 0.6 is 0 Å². The van der Waals surface area contributed by atoms with Gasteiger partial charge in [-0.25, -0.2) is 13.6 Å². The number of ether oxygens (including phenoxy) is 1. The Morgan fingerprint density at radius 2 is 1.68 bits per heavy atom. The van der Waals surface area contributed by atoms with Crippen LogP contribution in [0.25, 0.3) is 5.69 Å². The van der Waals surface area contributed by atoms with Crippen LogP contribution in [0.3, 0.4) is 0 Å². The van der Waals surface area contributed by atoms with E-state index in [9.17, 15) is 35.9 Å². The van der Waals surface area contributed by atoms with E-state index in [1.165, 1.54) is 31.5 Å². The average Bonchev–Trinajstić information content (AvgIpc) is 3.08. The Morgan fingerprint density at radius 3 is 2.26 bits per heavy atom. The van der Waals surface area contributed by atoms with E-state index in [4.69, 9.17) is 0 Å². The Labute approximate surface area is 171 Å². The van der Waals surface area contributed by atoms with E-state index in [0.29, 0.717) is 6.07 Å². The summed E-state index contributed by atoms with van der Waals surface area (Å²) in [6.07, 6.45) is -6.17. The van der Waals surface area contributed by atoms with Gasteiger partial charge in [-0.15, -0.1) is 0 Å². The van der Waals surface area contributed by atoms with Crippen molar-refractivity contribution in [1.29, 1.82) is 0 Å². The Kier molecular flexibility index (Phi) is 5.96. The highest BCUT2D eigenvalue weighted by Gasteiger charge is 2.43. The molecule has 2 aromatic carbocycles. The average molecular weight is 444 g/mol. The first kappa shape index (κ1) is 22.2. The van der Waals surface area contributed by atoms with Gasteiger partial charge in [-0.3, -0.25) is 13.9 Å². The van der Waals surface area contributed by atoms with Crippen molar-refractivity contribution in [3.8, 4) is 11.4 Å². The lowest BCUT2D eigenvalue weighted by Gasteiger charge is -2.16. The molecule has 0 saturated heterocycles. The van der Waals surface area contributed by atoms with Crippen LogP contribution in [0.2, 0.25) is 0 Å². The van der Waals surface area contributed by atoms with Crippen molar-refractivity contribution in [2.45, 2.75) is 25.5 Å². The third kappa shape index (κ3) is 4.49. The van der Waals surface area contributed by atoms with Gasteiger partial charge in [-0.2, -0.15) is 17.6 Å². The minimum Gasteiger partial charge on any atom is -0.428 e. The van der Waals surface area contributed by atoms with Crippen LogP contribution in [0.5, 0.6) is 5.75 Å². The van der Waals surface area contributed by atoms with Gasteiger partial charge < -0.3 is 4.74 Å². The first-order valence-electron chi connectivity index (χ1n) is 8.75. The number of alkyl halides is 4. The van der Waals surface area contributed by atoms with Crippen molar-refractivity contribution in [2.24, 2.45) is 0 Å². The lowest BCUT2D eigenvalue weighted by molar-refractivity contribution is -0.253. The molecule has 1 aromatic heterocycles. The molecule has 31 heavy (non-hydrogen) atoms. The molecule has 3 aromatic rings. The molecule has 164 valence electrons. The number of halogens is 6. The smallest absolute Gasteiger partial charge is 0.428 e. The van der Waals surface area contributed by atoms with Crippen molar-refractivity contribution in [2.75, 3.05) is 0 Å². The van der Waals surface area contributed by atoms with Crippen molar-refractivity contribution in [3.63, 3.8) is 0 Å². The number of hydrogen-bond acceptors (Lipinski definition) is 3. The number of aromatic nitrogens is 2. The molecule has 0 amide bonds. The van der Waals surface area contributed by atoms with Crippen LogP contribution in [0.1, 0.15) is 23.3 Å². The van der Waals surface area contributed by atoms with Crippen LogP contribution < -0.4 is 10.4 Å². The van der Waals surface area contributed by atoms with Crippen LogP contribution in [0, 0.1) is 11.6 Å². The highest BCUT2D eigenvalue weighted by molar-refractivity contribution is 5.99. The number of nitrogens with zero attached hydrogens (tertiary/aromatic N) is 2. The van der Waals surface area contributed by atoms with Gasteiger partial charge in [-0.05, 0) is 43.3 Å². The highest BCUT2D eigenvalue weighted by Crippen LogP contribution is 2.28. The SMILES string of the molecule is C[C@H](C(=O)c1ccc(F)cc1F)n1ccn(-c2ccc(OC(F)(F)C(F)F)cc2)c1=O. The molecule has 0 aliphatic heterocycles. The van der Waals surface area contributed by atoms with Gasteiger partial charge in [0.15, 0.2) is 5.78 Å². The summed E-state index contributed by atoms with van der Waals surface area (Å²) in [6.45, 7) is 1.35. The van der Waals surface area contributed by atoms with Gasteiger partial charge in [0.25, 0.3) is 0 Å². The Balaban J connectivity index is 1.84. The zero-order valence-corrected chi connectivity index (χ0v) is 15.7. The van der Waals surface area contributed by atoms with Crippen molar-refractivity contribution in [3.05, 3.63) is 82.5 Å². The topological polar surface area (TPSA) is 53.2 Å². The molecule has 0 aliphatic rings. The zero-order valence-electron chi connectivity index (χ0n) is 15.7. The molecule has 3 rings (SSSR count). The van der Waals surface area contributed by atoms with E-state index in [2.05, 4.69) is 4.74 Å². The fourth-order valence-corrected chi connectivity index (χ4v) is 2.80. The summed E-state index contributed by atoms with van der Waals surface area (Å²) >= 11 is 0. The van der Waals surface area contributed by atoms with E-state index in [1.54, 1.807) is 0 Å². The van der Waals surface area contributed by atoms with Gasteiger partial charge in [0, 0.05) is 18.5 Å². The zero-order chi connectivity index (χ0) is 22.9. The van der Waals surface area contributed by atoms with Gasteiger partial charge >= 0.3 is 18.2 Å². The van der Waals surface area contributed by atoms with Gasteiger partial charge in [0.1, 0.15) is 17.4 Å². The first-order chi connectivity index (χ1) is 14.5. The number of imidazole rings is 1. The molecule has 0 aliphatic carbocycles. The summed E-state index contributed by atoms with van der Waals surface area (Å²) in [5, 5.41) is 0. The number of carbonyl (C=O) groups excluding carboxylic acids is 1. The van der Waals surface area contributed by atoms with E-state index >= 15 is 0 Å². The maximum Gasteiger partial charge on any atom is 0.461 e. The maximum atomic E-state index is 13.9.